The maximum atomic E-state index is 12.6. The number of rotatable bonds is 6. The van der Waals surface area contributed by atoms with Crippen LogP contribution in [0.2, 0.25) is 0 Å². The van der Waals surface area contributed by atoms with E-state index in [0.717, 1.165) is 42.3 Å². The number of hydrogen-bond acceptors (Lipinski definition) is 6. The highest BCUT2D eigenvalue weighted by molar-refractivity contribution is 7.09. The first-order valence-corrected chi connectivity index (χ1v) is 9.33. The van der Waals surface area contributed by atoms with Crippen LogP contribution in [-0.4, -0.2) is 42.0 Å². The zero-order valence-electron chi connectivity index (χ0n) is 14.0. The molecule has 2 atom stereocenters. The average Bonchev–Trinajstić information content (AvgIpc) is 3.00. The molecule has 1 aliphatic carbocycles. The Kier molecular flexibility index (Phi) is 3.99. The second-order valence-electron chi connectivity index (χ2n) is 6.58. The highest BCUT2D eigenvalue weighted by Crippen LogP contribution is 2.42. The molecule has 0 aromatic carbocycles. The number of nitrogens with one attached hydrogen (secondary N) is 1. The Hall–Kier alpha value is -1.96. The van der Waals surface area contributed by atoms with Gasteiger partial charge in [-0.3, -0.25) is 9.48 Å². The lowest BCUT2D eigenvalue weighted by molar-refractivity contribution is -0.129. The lowest BCUT2D eigenvalue weighted by Crippen LogP contribution is -2.35. The van der Waals surface area contributed by atoms with Gasteiger partial charge in [0.2, 0.25) is 11.0 Å². The van der Waals surface area contributed by atoms with Gasteiger partial charge in [0.05, 0.1) is 17.8 Å². The van der Waals surface area contributed by atoms with Crippen LogP contribution in [0.5, 0.6) is 0 Å². The van der Waals surface area contributed by atoms with Crippen LogP contribution < -0.4 is 5.32 Å². The standard InChI is InChI=1S/C16H22N6OS/c1-3-4-13-19-16(24-20-13)18-11-9-14(23)22(10-5-6-10)15(11)12-7-8-17-21(12)2/h7-8,10-11,15H,3-6,9H2,1-2H3,(H,18,19,20)/t11-,15-/m1/s1. The molecule has 0 spiro atoms. The number of amides is 1. The van der Waals surface area contributed by atoms with E-state index in [1.165, 1.54) is 11.5 Å². The fourth-order valence-electron chi connectivity index (χ4n) is 3.49. The number of anilines is 1. The highest BCUT2D eigenvalue weighted by atomic mass is 32.1. The van der Waals surface area contributed by atoms with Gasteiger partial charge in [0.15, 0.2) is 0 Å². The summed E-state index contributed by atoms with van der Waals surface area (Å²) in [6, 6.07) is 2.41. The largest absolute Gasteiger partial charge is 0.355 e. The molecular formula is C16H22N6OS. The lowest BCUT2D eigenvalue weighted by atomic mass is 10.1. The highest BCUT2D eigenvalue weighted by Gasteiger charge is 2.48. The molecule has 1 amide bonds. The molecule has 0 bridgehead atoms. The summed E-state index contributed by atoms with van der Waals surface area (Å²) in [6.45, 7) is 2.12. The van der Waals surface area contributed by atoms with E-state index in [2.05, 4.69) is 31.6 Å². The third-order valence-electron chi connectivity index (χ3n) is 4.72. The summed E-state index contributed by atoms with van der Waals surface area (Å²) in [4.78, 5) is 19.2. The van der Waals surface area contributed by atoms with Crippen LogP contribution in [0.25, 0.3) is 0 Å². The van der Waals surface area contributed by atoms with Crippen molar-refractivity contribution in [1.29, 1.82) is 0 Å². The van der Waals surface area contributed by atoms with Crippen molar-refractivity contribution in [2.45, 2.75) is 57.2 Å². The van der Waals surface area contributed by atoms with E-state index in [9.17, 15) is 4.79 Å². The monoisotopic (exact) mass is 346 g/mol. The van der Waals surface area contributed by atoms with Gasteiger partial charge in [0, 0.05) is 43.7 Å². The number of nitrogens with zero attached hydrogens (tertiary/aromatic N) is 5. The summed E-state index contributed by atoms with van der Waals surface area (Å²) in [5, 5.41) is 8.57. The fourth-order valence-corrected chi connectivity index (χ4v) is 4.16. The Morgan fingerprint density at radius 2 is 2.25 bits per heavy atom. The van der Waals surface area contributed by atoms with E-state index < -0.39 is 0 Å². The van der Waals surface area contributed by atoms with E-state index in [-0.39, 0.29) is 18.0 Å². The van der Waals surface area contributed by atoms with Gasteiger partial charge in [0.1, 0.15) is 5.82 Å². The van der Waals surface area contributed by atoms with Crippen molar-refractivity contribution in [1.82, 2.24) is 24.0 Å². The number of hydrogen-bond donors (Lipinski definition) is 1. The van der Waals surface area contributed by atoms with Gasteiger partial charge in [-0.1, -0.05) is 6.92 Å². The zero-order valence-corrected chi connectivity index (χ0v) is 14.8. The van der Waals surface area contributed by atoms with Crippen molar-refractivity contribution < 1.29 is 4.79 Å². The van der Waals surface area contributed by atoms with E-state index in [1.54, 1.807) is 6.20 Å². The lowest BCUT2D eigenvalue weighted by Gasteiger charge is -2.28. The average molecular weight is 346 g/mol. The zero-order chi connectivity index (χ0) is 16.7. The van der Waals surface area contributed by atoms with Gasteiger partial charge in [-0.2, -0.15) is 9.47 Å². The van der Waals surface area contributed by atoms with Crippen LogP contribution in [0.4, 0.5) is 5.13 Å². The van der Waals surface area contributed by atoms with Crippen LogP contribution >= 0.6 is 11.5 Å². The van der Waals surface area contributed by atoms with Crippen molar-refractivity contribution in [3.05, 3.63) is 23.8 Å². The Bertz CT molecular complexity index is 737. The quantitative estimate of drug-likeness (QED) is 0.867. The van der Waals surface area contributed by atoms with Crippen LogP contribution in [0.1, 0.15) is 50.2 Å². The molecule has 0 unspecified atom stereocenters. The molecule has 2 aromatic rings. The van der Waals surface area contributed by atoms with Gasteiger partial charge < -0.3 is 10.2 Å². The van der Waals surface area contributed by atoms with Gasteiger partial charge >= 0.3 is 0 Å². The van der Waals surface area contributed by atoms with Crippen LogP contribution in [0, 0.1) is 0 Å². The fraction of sp³-hybridized carbons (Fsp3) is 0.625. The normalized spacial score (nSPS) is 23.9. The van der Waals surface area contributed by atoms with Crippen LogP contribution in [0.15, 0.2) is 12.3 Å². The van der Waals surface area contributed by atoms with Crippen molar-refractivity contribution in [3.8, 4) is 0 Å². The Morgan fingerprint density at radius 3 is 2.92 bits per heavy atom. The number of carbonyl (C=O) groups excluding carboxylic acids is 1. The first-order valence-electron chi connectivity index (χ1n) is 8.55. The maximum Gasteiger partial charge on any atom is 0.225 e. The van der Waals surface area contributed by atoms with Gasteiger partial charge in [-0.05, 0) is 25.3 Å². The minimum absolute atomic E-state index is 0.0101. The second kappa shape index (κ2) is 6.16. The molecule has 0 radical (unpaired) electrons. The van der Waals surface area contributed by atoms with Crippen LogP contribution in [0.3, 0.4) is 0 Å². The molecule has 24 heavy (non-hydrogen) atoms. The Labute approximate surface area is 145 Å². The number of aryl methyl sites for hydroxylation is 2. The predicted molar refractivity (Wildman–Crippen MR) is 91.7 cm³/mol. The molecule has 128 valence electrons. The third kappa shape index (κ3) is 2.79. The Balaban J connectivity index is 1.60. The van der Waals surface area contributed by atoms with Crippen molar-refractivity contribution in [2.75, 3.05) is 5.32 Å². The van der Waals surface area contributed by atoms with Crippen molar-refractivity contribution in [2.24, 2.45) is 7.05 Å². The molecule has 1 saturated carbocycles. The minimum atomic E-state index is 0.0101. The van der Waals surface area contributed by atoms with E-state index in [4.69, 9.17) is 0 Å². The van der Waals surface area contributed by atoms with Crippen molar-refractivity contribution in [3.63, 3.8) is 0 Å². The summed E-state index contributed by atoms with van der Waals surface area (Å²) in [7, 11) is 1.94. The molecule has 4 rings (SSSR count). The SMILES string of the molecule is CCCc1nsc(N[C@@H]2CC(=O)N(C3CC3)[C@H]2c2ccnn2C)n1. The first-order chi connectivity index (χ1) is 11.7. The molecule has 2 fully saturated rings. The molecule has 1 N–H and O–H groups in total. The molecular weight excluding hydrogens is 324 g/mol. The molecule has 3 heterocycles. The topological polar surface area (TPSA) is 75.9 Å². The summed E-state index contributed by atoms with van der Waals surface area (Å²) in [6.07, 6.45) is 6.42. The molecule has 2 aromatic heterocycles. The van der Waals surface area contributed by atoms with Gasteiger partial charge in [0.25, 0.3) is 0 Å². The number of carbonyl (C=O) groups is 1. The Morgan fingerprint density at radius 1 is 1.42 bits per heavy atom. The second-order valence-corrected chi connectivity index (χ2v) is 7.33. The summed E-state index contributed by atoms with van der Waals surface area (Å²) >= 11 is 1.38. The molecule has 1 saturated heterocycles. The summed E-state index contributed by atoms with van der Waals surface area (Å²) in [5.41, 5.74) is 1.07. The molecule has 1 aliphatic heterocycles. The van der Waals surface area contributed by atoms with Crippen LogP contribution in [-0.2, 0) is 18.3 Å². The maximum absolute atomic E-state index is 12.6. The summed E-state index contributed by atoms with van der Waals surface area (Å²) in [5.74, 6) is 1.10. The smallest absolute Gasteiger partial charge is 0.225 e. The summed E-state index contributed by atoms with van der Waals surface area (Å²) < 4.78 is 6.26. The third-order valence-corrected chi connectivity index (χ3v) is 5.40. The predicted octanol–water partition coefficient (Wildman–Crippen LogP) is 2.14. The van der Waals surface area contributed by atoms with E-state index >= 15 is 0 Å². The van der Waals surface area contributed by atoms with E-state index in [1.807, 2.05) is 17.8 Å². The van der Waals surface area contributed by atoms with Crippen molar-refractivity contribution >= 4 is 22.6 Å². The number of aromatic nitrogens is 4. The van der Waals surface area contributed by atoms with Gasteiger partial charge in [-0.25, -0.2) is 4.98 Å². The number of likely N-dealkylation sites (tertiary alicyclic amines) is 1. The minimum Gasteiger partial charge on any atom is -0.355 e. The molecule has 7 nitrogen and oxygen atoms in total. The van der Waals surface area contributed by atoms with Gasteiger partial charge in [-0.15, -0.1) is 0 Å². The first kappa shape index (κ1) is 15.6. The molecule has 8 heteroatoms. The molecule has 2 aliphatic rings. The van der Waals surface area contributed by atoms with E-state index in [0.29, 0.717) is 12.5 Å².